The number of carbonyl (C=O) groups is 1. The summed E-state index contributed by atoms with van der Waals surface area (Å²) in [6.07, 6.45) is 1.18. The van der Waals surface area contributed by atoms with E-state index in [4.69, 9.17) is 5.11 Å². The number of carboxylic acids is 1. The number of carboxylic acid groups (broad SMARTS) is 1. The summed E-state index contributed by atoms with van der Waals surface area (Å²) < 4.78 is 25.0. The molecule has 0 atom stereocenters. The third kappa shape index (κ3) is 2.25. The Labute approximate surface area is 93.9 Å². The van der Waals surface area contributed by atoms with Crippen LogP contribution in [0.3, 0.4) is 0 Å². The largest absolute Gasteiger partial charge is 0.477 e. The Kier molecular flexibility index (Phi) is 3.39. The Balaban J connectivity index is 3.13. The zero-order valence-corrected chi connectivity index (χ0v) is 10.1. The molecule has 2 N–H and O–H groups in total. The van der Waals surface area contributed by atoms with Crippen molar-refractivity contribution in [2.45, 2.75) is 24.8 Å². The van der Waals surface area contributed by atoms with Crippen LogP contribution < -0.4 is 0 Å². The van der Waals surface area contributed by atoms with Crippen molar-refractivity contribution < 1.29 is 18.3 Å². The quantitative estimate of drug-likeness (QED) is 0.819. The van der Waals surface area contributed by atoms with Gasteiger partial charge in [0.25, 0.3) is 0 Å². The van der Waals surface area contributed by atoms with Gasteiger partial charge in [-0.15, -0.1) is 0 Å². The molecule has 1 heterocycles. The van der Waals surface area contributed by atoms with Gasteiger partial charge in [-0.1, -0.05) is 0 Å². The van der Waals surface area contributed by atoms with Gasteiger partial charge < -0.3 is 10.1 Å². The molecular formula is C9H14N2O4S. The summed E-state index contributed by atoms with van der Waals surface area (Å²) in [5.74, 6) is -1.19. The van der Waals surface area contributed by atoms with E-state index in [0.717, 1.165) is 6.07 Å². The summed E-state index contributed by atoms with van der Waals surface area (Å²) in [4.78, 5) is 13.0. The zero-order chi connectivity index (χ0) is 12.5. The fourth-order valence-corrected chi connectivity index (χ4v) is 2.45. The maximum absolute atomic E-state index is 11.9. The number of aromatic nitrogens is 1. The molecule has 6 nitrogen and oxygen atoms in total. The van der Waals surface area contributed by atoms with Crippen LogP contribution in [0.25, 0.3) is 0 Å². The van der Waals surface area contributed by atoms with Crippen molar-refractivity contribution in [1.29, 1.82) is 0 Å². The molecule has 0 aromatic carbocycles. The van der Waals surface area contributed by atoms with Crippen molar-refractivity contribution in [3.63, 3.8) is 0 Å². The number of H-pyrrole nitrogens is 1. The smallest absolute Gasteiger partial charge is 0.352 e. The molecule has 0 unspecified atom stereocenters. The second kappa shape index (κ2) is 4.26. The summed E-state index contributed by atoms with van der Waals surface area (Å²) in [5, 5.41) is 8.67. The molecule has 0 spiro atoms. The number of aromatic carboxylic acids is 1. The third-order valence-electron chi connectivity index (χ3n) is 2.29. The molecule has 0 bridgehead atoms. The van der Waals surface area contributed by atoms with Gasteiger partial charge in [0.2, 0.25) is 10.0 Å². The highest BCUT2D eigenvalue weighted by molar-refractivity contribution is 7.89. The monoisotopic (exact) mass is 246 g/mol. The molecule has 0 saturated heterocycles. The molecule has 0 aliphatic heterocycles. The predicted octanol–water partition coefficient (Wildman–Crippen LogP) is 0.742. The lowest BCUT2D eigenvalue weighted by atomic mass is 10.4. The lowest BCUT2D eigenvalue weighted by molar-refractivity contribution is 0.0691. The van der Waals surface area contributed by atoms with Crippen molar-refractivity contribution in [3.8, 4) is 0 Å². The second-order valence-electron chi connectivity index (χ2n) is 3.67. The van der Waals surface area contributed by atoms with Gasteiger partial charge in [0.05, 0.1) is 0 Å². The van der Waals surface area contributed by atoms with Crippen molar-refractivity contribution in [2.24, 2.45) is 0 Å². The van der Waals surface area contributed by atoms with E-state index >= 15 is 0 Å². The van der Waals surface area contributed by atoms with Gasteiger partial charge >= 0.3 is 5.97 Å². The van der Waals surface area contributed by atoms with Crippen LogP contribution in [0.4, 0.5) is 0 Å². The highest BCUT2D eigenvalue weighted by atomic mass is 32.2. The first-order valence-corrected chi connectivity index (χ1v) is 6.10. The number of nitrogens with zero attached hydrogens (tertiary/aromatic N) is 1. The summed E-state index contributed by atoms with van der Waals surface area (Å²) in [6.45, 7) is 3.48. The molecular weight excluding hydrogens is 232 g/mol. The highest BCUT2D eigenvalue weighted by Gasteiger charge is 2.25. The van der Waals surface area contributed by atoms with Crippen molar-refractivity contribution in [1.82, 2.24) is 9.29 Å². The second-order valence-corrected chi connectivity index (χ2v) is 5.67. The summed E-state index contributed by atoms with van der Waals surface area (Å²) in [5.41, 5.74) is -0.143. The number of hydrogen-bond donors (Lipinski definition) is 2. The fourth-order valence-electron chi connectivity index (χ4n) is 1.09. The van der Waals surface area contributed by atoms with Crippen molar-refractivity contribution in [3.05, 3.63) is 18.0 Å². The predicted molar refractivity (Wildman–Crippen MR) is 57.8 cm³/mol. The van der Waals surface area contributed by atoms with Gasteiger partial charge in [0.1, 0.15) is 10.6 Å². The fraction of sp³-hybridized carbons (Fsp3) is 0.444. The highest BCUT2D eigenvalue weighted by Crippen LogP contribution is 2.17. The minimum atomic E-state index is -3.61. The lowest BCUT2D eigenvalue weighted by Gasteiger charge is -2.19. The zero-order valence-electron chi connectivity index (χ0n) is 9.26. The van der Waals surface area contributed by atoms with Crippen LogP contribution >= 0.6 is 0 Å². The van der Waals surface area contributed by atoms with Crippen LogP contribution in [0.1, 0.15) is 24.3 Å². The minimum Gasteiger partial charge on any atom is -0.477 e. The van der Waals surface area contributed by atoms with E-state index in [9.17, 15) is 13.2 Å². The Morgan fingerprint density at radius 1 is 1.50 bits per heavy atom. The average Bonchev–Trinajstić information content (AvgIpc) is 2.65. The summed E-state index contributed by atoms with van der Waals surface area (Å²) in [7, 11) is -2.16. The first kappa shape index (κ1) is 12.7. The van der Waals surface area contributed by atoms with E-state index in [0.29, 0.717) is 0 Å². The molecule has 1 aromatic rings. The molecule has 1 rings (SSSR count). The maximum atomic E-state index is 11.9. The number of hydrogen-bond acceptors (Lipinski definition) is 3. The van der Waals surface area contributed by atoms with Crippen molar-refractivity contribution >= 4 is 16.0 Å². The summed E-state index contributed by atoms with van der Waals surface area (Å²) in [6, 6.07) is 0.921. The van der Waals surface area contributed by atoms with E-state index < -0.39 is 16.0 Å². The lowest BCUT2D eigenvalue weighted by Crippen LogP contribution is -2.32. The Morgan fingerprint density at radius 3 is 2.44 bits per heavy atom. The van der Waals surface area contributed by atoms with Crippen molar-refractivity contribution in [2.75, 3.05) is 7.05 Å². The van der Waals surface area contributed by atoms with Gasteiger partial charge in [0.15, 0.2) is 0 Å². The first-order chi connectivity index (χ1) is 7.26. The molecule has 0 fully saturated rings. The maximum Gasteiger partial charge on any atom is 0.352 e. The molecule has 1 aromatic heterocycles. The molecule has 0 saturated carbocycles. The Bertz CT molecular complexity index is 489. The van der Waals surface area contributed by atoms with Crippen LogP contribution in [0, 0.1) is 0 Å². The van der Waals surface area contributed by atoms with Gasteiger partial charge in [-0.2, -0.15) is 4.31 Å². The number of nitrogens with one attached hydrogen (secondary N) is 1. The van der Waals surface area contributed by atoms with Gasteiger partial charge in [-0.25, -0.2) is 13.2 Å². The SMILES string of the molecule is CC(C)N(C)S(=O)(=O)c1c[nH]c(C(=O)O)c1. The van der Waals surface area contributed by atoms with E-state index in [-0.39, 0.29) is 16.6 Å². The van der Waals surface area contributed by atoms with Crippen LogP contribution in [-0.2, 0) is 10.0 Å². The molecule has 0 aliphatic carbocycles. The van der Waals surface area contributed by atoms with E-state index in [2.05, 4.69) is 4.98 Å². The normalized spacial score (nSPS) is 12.3. The van der Waals surface area contributed by atoms with Crippen LogP contribution in [-0.4, -0.2) is 41.9 Å². The Hall–Kier alpha value is -1.34. The molecule has 7 heteroatoms. The number of sulfonamides is 1. The molecule has 0 amide bonds. The molecule has 16 heavy (non-hydrogen) atoms. The third-order valence-corrected chi connectivity index (χ3v) is 4.30. The van der Waals surface area contributed by atoms with Gasteiger partial charge in [0, 0.05) is 19.3 Å². The minimum absolute atomic E-state index is 0.0406. The number of aromatic amines is 1. The first-order valence-electron chi connectivity index (χ1n) is 4.66. The van der Waals surface area contributed by atoms with E-state index in [1.807, 2.05) is 0 Å². The van der Waals surface area contributed by atoms with E-state index in [1.54, 1.807) is 13.8 Å². The molecule has 0 radical (unpaired) electrons. The molecule has 90 valence electrons. The van der Waals surface area contributed by atoms with E-state index in [1.165, 1.54) is 17.5 Å². The summed E-state index contributed by atoms with van der Waals surface area (Å²) >= 11 is 0. The standard InChI is InChI=1S/C9H14N2O4S/c1-6(2)11(3)16(14,15)7-4-8(9(12)13)10-5-7/h4-6,10H,1-3H3,(H,12,13). The van der Waals surface area contributed by atoms with Crippen LogP contribution in [0.2, 0.25) is 0 Å². The Morgan fingerprint density at radius 2 is 2.06 bits per heavy atom. The average molecular weight is 246 g/mol. The van der Waals surface area contributed by atoms with Gasteiger partial charge in [-0.3, -0.25) is 0 Å². The van der Waals surface area contributed by atoms with Crippen LogP contribution in [0.5, 0.6) is 0 Å². The topological polar surface area (TPSA) is 90.5 Å². The molecule has 0 aliphatic rings. The van der Waals surface area contributed by atoms with Crippen LogP contribution in [0.15, 0.2) is 17.2 Å². The number of rotatable bonds is 4. The van der Waals surface area contributed by atoms with Gasteiger partial charge in [-0.05, 0) is 19.9 Å².